The molecule has 1 aliphatic carbocycles. The molecule has 0 spiro atoms. The number of nitrogens with two attached hydrogens (primary N) is 1. The molecule has 0 atom stereocenters. The Morgan fingerprint density at radius 1 is 1.50 bits per heavy atom. The average molecular weight is 247 g/mol. The van der Waals surface area contributed by atoms with Gasteiger partial charge in [-0.15, -0.1) is 0 Å². The number of ether oxygens (including phenoxy) is 1. The Morgan fingerprint density at radius 2 is 2.22 bits per heavy atom. The normalized spacial score (nSPS) is 14.3. The maximum atomic E-state index is 7.70. The minimum atomic E-state index is 0.120. The first-order valence-corrected chi connectivity index (χ1v) is 6.46. The maximum Gasteiger partial charge on any atom is 0.124 e. The molecule has 0 unspecified atom stereocenters. The molecule has 4 heteroatoms. The molecule has 0 amide bonds. The van der Waals surface area contributed by atoms with Crippen molar-refractivity contribution in [2.45, 2.75) is 32.2 Å². The largest absolute Gasteiger partial charge is 0.497 e. The molecule has 98 valence electrons. The van der Waals surface area contributed by atoms with E-state index in [1.165, 1.54) is 12.8 Å². The molecule has 0 radical (unpaired) electrons. The van der Waals surface area contributed by atoms with Crippen LogP contribution in [0.15, 0.2) is 18.2 Å². The number of nitrogens with zero attached hydrogens (tertiary/aromatic N) is 1. The molecule has 1 aromatic carbocycles. The Hall–Kier alpha value is -1.71. The molecule has 0 aliphatic heterocycles. The minimum Gasteiger partial charge on any atom is -0.497 e. The number of nitrogen functional groups attached to an aromatic ring is 1. The van der Waals surface area contributed by atoms with E-state index in [0.29, 0.717) is 6.04 Å². The van der Waals surface area contributed by atoms with Crippen LogP contribution in [-0.2, 0) is 0 Å². The highest BCUT2D eigenvalue weighted by Crippen LogP contribution is 2.35. The van der Waals surface area contributed by atoms with E-state index in [1.54, 1.807) is 7.11 Å². The van der Waals surface area contributed by atoms with Crippen LogP contribution in [-0.4, -0.2) is 25.5 Å². The zero-order valence-electron chi connectivity index (χ0n) is 11.1. The summed E-state index contributed by atoms with van der Waals surface area (Å²) in [6.45, 7) is 3.17. The maximum absolute atomic E-state index is 7.70. The molecular formula is C14H21N3O. The minimum absolute atomic E-state index is 0.120. The van der Waals surface area contributed by atoms with Crippen molar-refractivity contribution in [3.8, 4) is 5.75 Å². The standard InChI is InChI=1S/C14H21N3O/c1-3-8-17(10-4-5-10)13-9-11(18-2)6-7-12(13)14(15)16/h6-7,9-10H,3-5,8H2,1-2H3,(H3,15,16). The third-order valence-electron chi connectivity index (χ3n) is 3.26. The summed E-state index contributed by atoms with van der Waals surface area (Å²) in [5, 5.41) is 7.70. The van der Waals surface area contributed by atoms with Gasteiger partial charge in [0.1, 0.15) is 11.6 Å². The Bertz CT molecular complexity index is 441. The molecule has 1 aliphatic rings. The van der Waals surface area contributed by atoms with Gasteiger partial charge in [-0.25, -0.2) is 0 Å². The quantitative estimate of drug-likeness (QED) is 0.599. The van der Waals surface area contributed by atoms with Crippen LogP contribution in [0.25, 0.3) is 0 Å². The summed E-state index contributed by atoms with van der Waals surface area (Å²) in [7, 11) is 1.66. The highest BCUT2D eigenvalue weighted by atomic mass is 16.5. The van der Waals surface area contributed by atoms with Gasteiger partial charge in [0.25, 0.3) is 0 Å². The molecule has 2 rings (SSSR count). The fourth-order valence-electron chi connectivity index (χ4n) is 2.23. The van der Waals surface area contributed by atoms with E-state index in [9.17, 15) is 0 Å². The van der Waals surface area contributed by atoms with E-state index in [4.69, 9.17) is 15.9 Å². The Balaban J connectivity index is 2.40. The van der Waals surface area contributed by atoms with Gasteiger partial charge in [0.05, 0.1) is 12.8 Å². The van der Waals surface area contributed by atoms with Gasteiger partial charge < -0.3 is 15.4 Å². The number of hydrogen-bond acceptors (Lipinski definition) is 3. The lowest BCUT2D eigenvalue weighted by molar-refractivity contribution is 0.414. The van der Waals surface area contributed by atoms with Gasteiger partial charge >= 0.3 is 0 Å². The first kappa shape index (κ1) is 12.7. The number of methoxy groups -OCH3 is 1. The van der Waals surface area contributed by atoms with Crippen LogP contribution < -0.4 is 15.4 Å². The Kier molecular flexibility index (Phi) is 3.75. The van der Waals surface area contributed by atoms with Crippen molar-refractivity contribution in [1.29, 1.82) is 5.41 Å². The number of anilines is 1. The predicted molar refractivity (Wildman–Crippen MR) is 74.7 cm³/mol. The highest BCUT2D eigenvalue weighted by molar-refractivity contribution is 6.00. The van der Waals surface area contributed by atoms with E-state index in [1.807, 2.05) is 18.2 Å². The lowest BCUT2D eigenvalue weighted by atomic mass is 10.1. The van der Waals surface area contributed by atoms with Crippen molar-refractivity contribution < 1.29 is 4.74 Å². The van der Waals surface area contributed by atoms with E-state index >= 15 is 0 Å². The molecule has 18 heavy (non-hydrogen) atoms. The average Bonchev–Trinajstić information content (AvgIpc) is 3.19. The van der Waals surface area contributed by atoms with Crippen molar-refractivity contribution in [3.63, 3.8) is 0 Å². The van der Waals surface area contributed by atoms with Crippen molar-refractivity contribution in [3.05, 3.63) is 23.8 Å². The van der Waals surface area contributed by atoms with Crippen LogP contribution >= 0.6 is 0 Å². The lowest BCUT2D eigenvalue weighted by Crippen LogP contribution is -2.29. The number of hydrogen-bond donors (Lipinski definition) is 2. The lowest BCUT2D eigenvalue weighted by Gasteiger charge is -2.26. The number of benzene rings is 1. The molecular weight excluding hydrogens is 226 g/mol. The van der Waals surface area contributed by atoms with Crippen molar-refractivity contribution >= 4 is 11.5 Å². The van der Waals surface area contributed by atoms with Crippen LogP contribution in [0.3, 0.4) is 0 Å². The van der Waals surface area contributed by atoms with E-state index in [2.05, 4.69) is 11.8 Å². The number of amidine groups is 1. The zero-order chi connectivity index (χ0) is 13.1. The molecule has 3 N–H and O–H groups in total. The Morgan fingerprint density at radius 3 is 2.72 bits per heavy atom. The van der Waals surface area contributed by atoms with Gasteiger partial charge in [-0.3, -0.25) is 5.41 Å². The first-order valence-electron chi connectivity index (χ1n) is 6.46. The molecule has 4 nitrogen and oxygen atoms in total. The van der Waals surface area contributed by atoms with E-state index in [0.717, 1.165) is 30.0 Å². The molecule has 1 saturated carbocycles. The van der Waals surface area contributed by atoms with Crippen LogP contribution in [0.4, 0.5) is 5.69 Å². The Labute approximate surface area is 108 Å². The molecule has 0 bridgehead atoms. The summed E-state index contributed by atoms with van der Waals surface area (Å²) in [4.78, 5) is 2.36. The second-order valence-corrected chi connectivity index (χ2v) is 4.72. The van der Waals surface area contributed by atoms with Gasteiger partial charge in [0.2, 0.25) is 0 Å². The van der Waals surface area contributed by atoms with Crippen molar-refractivity contribution in [2.75, 3.05) is 18.6 Å². The summed E-state index contributed by atoms with van der Waals surface area (Å²) in [5.74, 6) is 0.936. The van der Waals surface area contributed by atoms with E-state index in [-0.39, 0.29) is 5.84 Å². The van der Waals surface area contributed by atoms with Gasteiger partial charge in [-0.05, 0) is 31.4 Å². The molecule has 1 aromatic rings. The number of nitrogens with one attached hydrogen (secondary N) is 1. The summed E-state index contributed by atoms with van der Waals surface area (Å²) < 4.78 is 5.28. The molecule has 0 heterocycles. The predicted octanol–water partition coefficient (Wildman–Crippen LogP) is 2.36. The third kappa shape index (κ3) is 2.58. The third-order valence-corrected chi connectivity index (χ3v) is 3.26. The van der Waals surface area contributed by atoms with Crippen LogP contribution in [0.1, 0.15) is 31.7 Å². The SMILES string of the molecule is CCCN(c1cc(OC)ccc1C(=N)N)C1CC1. The topological polar surface area (TPSA) is 62.3 Å². The molecule has 0 aromatic heterocycles. The van der Waals surface area contributed by atoms with Crippen LogP contribution in [0.5, 0.6) is 5.75 Å². The monoisotopic (exact) mass is 247 g/mol. The van der Waals surface area contributed by atoms with Crippen molar-refractivity contribution in [1.82, 2.24) is 0 Å². The molecule has 1 fully saturated rings. The van der Waals surface area contributed by atoms with Gasteiger partial charge in [0, 0.05) is 24.2 Å². The second kappa shape index (κ2) is 5.29. The highest BCUT2D eigenvalue weighted by Gasteiger charge is 2.30. The van der Waals surface area contributed by atoms with Crippen molar-refractivity contribution in [2.24, 2.45) is 5.73 Å². The summed E-state index contributed by atoms with van der Waals surface area (Å²) >= 11 is 0. The zero-order valence-corrected chi connectivity index (χ0v) is 11.1. The summed E-state index contributed by atoms with van der Waals surface area (Å²) in [6.07, 6.45) is 3.55. The molecule has 0 saturated heterocycles. The number of rotatable bonds is 6. The fourth-order valence-corrected chi connectivity index (χ4v) is 2.23. The summed E-state index contributed by atoms with van der Waals surface area (Å²) in [5.41, 5.74) is 7.51. The van der Waals surface area contributed by atoms with Gasteiger partial charge in [-0.1, -0.05) is 6.92 Å². The van der Waals surface area contributed by atoms with Gasteiger partial charge in [-0.2, -0.15) is 0 Å². The smallest absolute Gasteiger partial charge is 0.124 e. The first-order chi connectivity index (χ1) is 8.67. The van der Waals surface area contributed by atoms with Crippen LogP contribution in [0.2, 0.25) is 0 Å². The van der Waals surface area contributed by atoms with E-state index < -0.39 is 0 Å². The summed E-state index contributed by atoms with van der Waals surface area (Å²) in [6, 6.07) is 6.33. The second-order valence-electron chi connectivity index (χ2n) is 4.72. The van der Waals surface area contributed by atoms with Gasteiger partial charge in [0.15, 0.2) is 0 Å². The fraction of sp³-hybridized carbons (Fsp3) is 0.500. The van der Waals surface area contributed by atoms with Crippen LogP contribution in [0, 0.1) is 5.41 Å².